The molecule has 0 radical (unpaired) electrons. The Kier molecular flexibility index (Phi) is 1.62. The molecule has 12 heavy (non-hydrogen) atoms. The molecule has 5 nitrogen and oxygen atoms in total. The molecule has 2 heterocycles. The lowest BCUT2D eigenvalue weighted by atomic mass is 10.4. The van der Waals surface area contributed by atoms with E-state index in [1.165, 1.54) is 0 Å². The first-order chi connectivity index (χ1) is 5.86. The average Bonchev–Trinajstić information content (AvgIpc) is 2.54. The molecule has 0 aromatic carbocycles. The van der Waals surface area contributed by atoms with Crippen LogP contribution in [0.25, 0.3) is 0 Å². The first-order valence-electron chi connectivity index (χ1n) is 3.73. The van der Waals surface area contributed by atoms with Gasteiger partial charge in [0.05, 0.1) is 12.7 Å². The lowest BCUT2D eigenvalue weighted by Crippen LogP contribution is -2.13. The topological polar surface area (TPSA) is 67.4 Å². The Hall–Kier alpha value is -1.65. The minimum absolute atomic E-state index is 0.653. The summed E-state index contributed by atoms with van der Waals surface area (Å²) in [6, 6.07) is 0. The molecule has 1 aromatic rings. The van der Waals surface area contributed by atoms with Gasteiger partial charge in [0.25, 0.3) is 0 Å². The SMILES string of the molecule is NC1=NN(c2cnccn2)CC1. The molecule has 5 heteroatoms. The van der Waals surface area contributed by atoms with Crippen LogP contribution in [0, 0.1) is 0 Å². The van der Waals surface area contributed by atoms with Gasteiger partial charge in [-0.15, -0.1) is 0 Å². The van der Waals surface area contributed by atoms with E-state index in [-0.39, 0.29) is 0 Å². The Balaban J connectivity index is 2.22. The second-order valence-electron chi connectivity index (χ2n) is 2.53. The summed E-state index contributed by atoms with van der Waals surface area (Å²) in [6.45, 7) is 0.796. The van der Waals surface area contributed by atoms with Crippen molar-refractivity contribution in [3.8, 4) is 0 Å². The van der Waals surface area contributed by atoms with Crippen molar-refractivity contribution in [1.82, 2.24) is 9.97 Å². The molecule has 2 rings (SSSR count). The number of nitrogens with zero attached hydrogens (tertiary/aromatic N) is 4. The molecule has 0 spiro atoms. The van der Waals surface area contributed by atoms with Gasteiger partial charge in [0, 0.05) is 18.8 Å². The largest absolute Gasteiger partial charge is 0.386 e. The quantitative estimate of drug-likeness (QED) is 0.630. The number of hydrazone groups is 1. The summed E-state index contributed by atoms with van der Waals surface area (Å²) in [5.41, 5.74) is 5.52. The van der Waals surface area contributed by atoms with E-state index in [9.17, 15) is 0 Å². The molecule has 1 aliphatic rings. The monoisotopic (exact) mass is 163 g/mol. The van der Waals surface area contributed by atoms with Crippen molar-refractivity contribution in [3.63, 3.8) is 0 Å². The smallest absolute Gasteiger partial charge is 0.167 e. The van der Waals surface area contributed by atoms with E-state index < -0.39 is 0 Å². The Morgan fingerprint density at radius 1 is 1.42 bits per heavy atom. The highest BCUT2D eigenvalue weighted by atomic mass is 15.5. The number of aromatic nitrogens is 2. The average molecular weight is 163 g/mol. The van der Waals surface area contributed by atoms with Gasteiger partial charge < -0.3 is 5.73 Å². The summed E-state index contributed by atoms with van der Waals surface area (Å²) >= 11 is 0. The zero-order valence-electron chi connectivity index (χ0n) is 6.51. The summed E-state index contributed by atoms with van der Waals surface area (Å²) in [7, 11) is 0. The molecule has 0 fully saturated rings. The second-order valence-corrected chi connectivity index (χ2v) is 2.53. The van der Waals surface area contributed by atoms with Gasteiger partial charge >= 0.3 is 0 Å². The highest BCUT2D eigenvalue weighted by molar-refractivity contribution is 5.83. The Bertz CT molecular complexity index is 294. The predicted octanol–water partition coefficient (Wildman–Crippen LogP) is -0.0411. The first kappa shape index (κ1) is 7.02. The van der Waals surface area contributed by atoms with Gasteiger partial charge in [-0.25, -0.2) is 9.99 Å². The maximum Gasteiger partial charge on any atom is 0.167 e. The lowest BCUT2D eigenvalue weighted by molar-refractivity contribution is 0.888. The van der Waals surface area contributed by atoms with Crippen LogP contribution < -0.4 is 10.7 Å². The van der Waals surface area contributed by atoms with E-state index in [4.69, 9.17) is 5.73 Å². The highest BCUT2D eigenvalue weighted by Gasteiger charge is 2.13. The standard InChI is InChI=1S/C7H9N5/c8-6-1-4-12(11-6)7-5-9-2-3-10-7/h2-3,5H,1,4H2,(H2,8,11). The molecule has 0 unspecified atom stereocenters. The Morgan fingerprint density at radius 3 is 2.92 bits per heavy atom. The molecule has 0 atom stereocenters. The van der Waals surface area contributed by atoms with E-state index in [0.717, 1.165) is 18.8 Å². The van der Waals surface area contributed by atoms with Crippen LogP contribution >= 0.6 is 0 Å². The van der Waals surface area contributed by atoms with Gasteiger partial charge in [0.15, 0.2) is 5.82 Å². The fourth-order valence-corrected chi connectivity index (χ4v) is 1.07. The molecule has 62 valence electrons. The van der Waals surface area contributed by atoms with E-state index in [1.807, 2.05) is 0 Å². The molecule has 0 bridgehead atoms. The molecule has 0 saturated heterocycles. The van der Waals surface area contributed by atoms with Crippen LogP contribution in [0.1, 0.15) is 6.42 Å². The number of anilines is 1. The van der Waals surface area contributed by atoms with Gasteiger partial charge in [0.1, 0.15) is 5.84 Å². The third-order valence-corrected chi connectivity index (χ3v) is 1.64. The van der Waals surface area contributed by atoms with Crippen LogP contribution in [-0.2, 0) is 0 Å². The van der Waals surface area contributed by atoms with E-state index in [0.29, 0.717) is 5.84 Å². The van der Waals surface area contributed by atoms with Crippen LogP contribution in [0.3, 0.4) is 0 Å². The van der Waals surface area contributed by atoms with Crippen LogP contribution in [-0.4, -0.2) is 22.3 Å². The summed E-state index contributed by atoms with van der Waals surface area (Å²) in [5.74, 6) is 1.40. The summed E-state index contributed by atoms with van der Waals surface area (Å²) in [4.78, 5) is 8.04. The van der Waals surface area contributed by atoms with Crippen LogP contribution in [0.5, 0.6) is 0 Å². The summed E-state index contributed by atoms with van der Waals surface area (Å²) in [5, 5.41) is 5.84. The third-order valence-electron chi connectivity index (χ3n) is 1.64. The van der Waals surface area contributed by atoms with Crippen molar-refractivity contribution in [1.29, 1.82) is 0 Å². The number of amidine groups is 1. The van der Waals surface area contributed by atoms with Crippen LogP contribution in [0.2, 0.25) is 0 Å². The highest BCUT2D eigenvalue weighted by Crippen LogP contribution is 2.12. The maximum absolute atomic E-state index is 5.52. The van der Waals surface area contributed by atoms with Gasteiger partial charge in [-0.2, -0.15) is 5.10 Å². The molecule has 0 aliphatic carbocycles. The van der Waals surface area contributed by atoms with Crippen LogP contribution in [0.4, 0.5) is 5.82 Å². The zero-order valence-corrected chi connectivity index (χ0v) is 6.51. The second kappa shape index (κ2) is 2.77. The number of hydrogen-bond donors (Lipinski definition) is 1. The van der Waals surface area contributed by atoms with Gasteiger partial charge in [0.2, 0.25) is 0 Å². The summed E-state index contributed by atoms with van der Waals surface area (Å²) < 4.78 is 0. The zero-order chi connectivity index (χ0) is 8.39. The van der Waals surface area contributed by atoms with Gasteiger partial charge in [-0.3, -0.25) is 4.98 Å². The minimum Gasteiger partial charge on any atom is -0.386 e. The van der Waals surface area contributed by atoms with E-state index in [1.54, 1.807) is 23.6 Å². The number of hydrogen-bond acceptors (Lipinski definition) is 5. The summed E-state index contributed by atoms with van der Waals surface area (Å²) in [6.07, 6.45) is 5.74. The first-order valence-corrected chi connectivity index (χ1v) is 3.73. The molecule has 0 saturated carbocycles. The van der Waals surface area contributed by atoms with Crippen molar-refractivity contribution in [2.45, 2.75) is 6.42 Å². The van der Waals surface area contributed by atoms with Crippen molar-refractivity contribution in [3.05, 3.63) is 18.6 Å². The third kappa shape index (κ3) is 1.20. The number of rotatable bonds is 1. The molecule has 0 amide bonds. The minimum atomic E-state index is 0.653. The molecular weight excluding hydrogens is 154 g/mol. The fourth-order valence-electron chi connectivity index (χ4n) is 1.07. The molecule has 1 aromatic heterocycles. The van der Waals surface area contributed by atoms with Crippen molar-refractivity contribution in [2.24, 2.45) is 10.8 Å². The Morgan fingerprint density at radius 2 is 2.33 bits per heavy atom. The fraction of sp³-hybridized carbons (Fsp3) is 0.286. The van der Waals surface area contributed by atoms with Crippen molar-refractivity contribution >= 4 is 11.7 Å². The molecular formula is C7H9N5. The van der Waals surface area contributed by atoms with Crippen LogP contribution in [0.15, 0.2) is 23.7 Å². The Labute approximate surface area is 69.9 Å². The van der Waals surface area contributed by atoms with Crippen molar-refractivity contribution in [2.75, 3.05) is 11.6 Å². The normalized spacial score (nSPS) is 16.3. The lowest BCUT2D eigenvalue weighted by Gasteiger charge is -2.09. The predicted molar refractivity (Wildman–Crippen MR) is 45.6 cm³/mol. The van der Waals surface area contributed by atoms with Gasteiger partial charge in [-0.1, -0.05) is 0 Å². The van der Waals surface area contributed by atoms with E-state index in [2.05, 4.69) is 15.1 Å². The number of nitrogens with two attached hydrogens (primary N) is 1. The maximum atomic E-state index is 5.52. The van der Waals surface area contributed by atoms with Crippen molar-refractivity contribution < 1.29 is 0 Å². The molecule has 1 aliphatic heterocycles. The van der Waals surface area contributed by atoms with E-state index >= 15 is 0 Å². The molecule has 2 N–H and O–H groups in total. The van der Waals surface area contributed by atoms with Gasteiger partial charge in [-0.05, 0) is 0 Å².